The van der Waals surface area contributed by atoms with E-state index in [1.807, 2.05) is 4.90 Å². The monoisotopic (exact) mass is 590 g/mol. The number of carbonyl (C=O) groups is 2. The summed E-state index contributed by atoms with van der Waals surface area (Å²) in [7, 11) is 0. The largest absolute Gasteiger partial charge is 0.398 e. The molecule has 3 N–H and O–H groups in total. The van der Waals surface area contributed by atoms with Crippen LogP contribution in [0.2, 0.25) is 10.0 Å². The zero-order valence-electron chi connectivity index (χ0n) is 21.2. The molecule has 1 saturated heterocycles. The third kappa shape index (κ3) is 5.64. The number of halogens is 3. The summed E-state index contributed by atoms with van der Waals surface area (Å²) in [6.45, 7) is 0.662. The summed E-state index contributed by atoms with van der Waals surface area (Å²) in [5, 5.41) is 1.23. The molecule has 1 aromatic heterocycles. The first-order valence-corrected chi connectivity index (χ1v) is 14.9. The summed E-state index contributed by atoms with van der Waals surface area (Å²) in [5.74, 6) is -0.465. The number of rotatable bonds is 10. The van der Waals surface area contributed by atoms with Crippen molar-refractivity contribution in [2.45, 2.75) is 55.9 Å². The number of ketones is 1. The maximum absolute atomic E-state index is 15.0. The Morgan fingerprint density at radius 2 is 1.92 bits per heavy atom. The zero-order valence-corrected chi connectivity index (χ0v) is 23.5. The Balaban J connectivity index is 1.12. The first kappa shape index (κ1) is 26.9. The van der Waals surface area contributed by atoms with Crippen molar-refractivity contribution in [2.24, 2.45) is 17.6 Å². The van der Waals surface area contributed by atoms with Crippen LogP contribution in [0.1, 0.15) is 54.4 Å². The molecule has 1 aromatic carbocycles. The van der Waals surface area contributed by atoms with Crippen LogP contribution in [0.25, 0.3) is 5.70 Å². The number of amides is 1. The fraction of sp³-hybridized carbons (Fsp3) is 0.464. The average molecular weight is 592 g/mol. The Bertz CT molecular complexity index is 1330. The number of piperidine rings is 1. The Morgan fingerprint density at radius 3 is 2.54 bits per heavy atom. The second kappa shape index (κ2) is 10.9. The van der Waals surface area contributed by atoms with E-state index in [1.165, 1.54) is 24.2 Å². The maximum atomic E-state index is 15.0. The van der Waals surface area contributed by atoms with Gasteiger partial charge in [0.05, 0.1) is 34.0 Å². The molecular weight excluding hydrogens is 562 g/mol. The number of ether oxygens (including phenoxy) is 1. The van der Waals surface area contributed by atoms with Gasteiger partial charge in [0, 0.05) is 47.0 Å². The average Bonchev–Trinajstić information content (AvgIpc) is 3.85. The summed E-state index contributed by atoms with van der Waals surface area (Å²) >= 11 is 14.1. The molecule has 2 bridgehead atoms. The smallest absolute Gasteiger partial charge is 0.262 e. The minimum absolute atomic E-state index is 0.0146. The van der Waals surface area contributed by atoms with Crippen molar-refractivity contribution >= 4 is 58.4 Å². The van der Waals surface area contributed by atoms with Crippen LogP contribution < -0.4 is 15.4 Å². The normalized spacial score (nSPS) is 24.6. The van der Waals surface area contributed by atoms with E-state index in [9.17, 15) is 9.59 Å². The molecule has 3 atom stereocenters. The van der Waals surface area contributed by atoms with Crippen LogP contribution in [0, 0.1) is 17.7 Å². The Kier molecular flexibility index (Phi) is 7.52. The lowest BCUT2D eigenvalue weighted by molar-refractivity contribution is -0.117. The van der Waals surface area contributed by atoms with Gasteiger partial charge in [0.1, 0.15) is 0 Å². The molecule has 39 heavy (non-hydrogen) atoms. The van der Waals surface area contributed by atoms with Crippen molar-refractivity contribution in [1.82, 2.24) is 9.71 Å². The second-order valence-corrected chi connectivity index (χ2v) is 12.7. The minimum Gasteiger partial charge on any atom is -0.398 e. The van der Waals surface area contributed by atoms with Crippen molar-refractivity contribution in [3.63, 3.8) is 0 Å². The van der Waals surface area contributed by atoms with Crippen molar-refractivity contribution in [2.75, 3.05) is 18.1 Å². The van der Waals surface area contributed by atoms with Gasteiger partial charge in [0.15, 0.2) is 17.4 Å². The van der Waals surface area contributed by atoms with Crippen LogP contribution in [0.15, 0.2) is 36.0 Å². The summed E-state index contributed by atoms with van der Waals surface area (Å²) < 4.78 is 24.1. The van der Waals surface area contributed by atoms with Crippen LogP contribution in [-0.4, -0.2) is 47.2 Å². The molecule has 0 radical (unpaired) electrons. The number of benzene rings is 1. The van der Waals surface area contributed by atoms with Crippen molar-refractivity contribution < 1.29 is 18.7 Å². The van der Waals surface area contributed by atoms with Gasteiger partial charge in [-0.3, -0.25) is 14.3 Å². The molecule has 11 heteroatoms. The summed E-state index contributed by atoms with van der Waals surface area (Å²) in [5.41, 5.74) is 7.82. The molecule has 7 nitrogen and oxygen atoms in total. The van der Waals surface area contributed by atoms with Gasteiger partial charge in [-0.2, -0.15) is 0 Å². The number of pyridine rings is 1. The molecule has 1 amide bonds. The van der Waals surface area contributed by atoms with Crippen molar-refractivity contribution in [3.05, 3.63) is 63.0 Å². The van der Waals surface area contributed by atoms with E-state index >= 15 is 4.39 Å². The number of anilines is 1. The molecule has 1 aliphatic heterocycles. The first-order chi connectivity index (χ1) is 18.8. The predicted molar refractivity (Wildman–Crippen MR) is 151 cm³/mol. The van der Waals surface area contributed by atoms with Gasteiger partial charge < -0.3 is 15.4 Å². The van der Waals surface area contributed by atoms with E-state index in [4.69, 9.17) is 33.7 Å². The molecule has 2 aromatic rings. The predicted octanol–water partition coefficient (Wildman–Crippen LogP) is 5.40. The number of nitrogens with zero attached hydrogens (tertiary/aromatic N) is 2. The molecule has 3 saturated carbocycles. The van der Waals surface area contributed by atoms with Gasteiger partial charge in [-0.15, -0.1) is 0 Å². The molecule has 3 aliphatic carbocycles. The minimum atomic E-state index is -0.506. The standard InChI is InChI=1S/C28H29Cl2FN4O3S/c29-20-2-1-3-21(30)24(20)25(32)19(26(36)14-4-5-14)13-38-23-10-17-8-16(23)12-35(17)27-22(31)9-15(11-33-27)28(37)34-39-18-6-7-18/h1-3,9,11,14,16-18,23H,4-8,10,12-13,32H2,(H,34,37)/t16-,17-,23+/m0/s1. The highest BCUT2D eigenvalue weighted by atomic mass is 35.5. The maximum Gasteiger partial charge on any atom is 0.262 e. The molecule has 0 spiro atoms. The van der Waals surface area contributed by atoms with E-state index in [0.717, 1.165) is 32.1 Å². The quantitative estimate of drug-likeness (QED) is 0.282. The van der Waals surface area contributed by atoms with Gasteiger partial charge in [0.2, 0.25) is 0 Å². The Hall–Kier alpha value is -2.33. The third-order valence-electron chi connectivity index (χ3n) is 7.92. The molecule has 0 unspecified atom stereocenters. The van der Waals surface area contributed by atoms with Gasteiger partial charge in [-0.05, 0) is 68.7 Å². The topological polar surface area (TPSA) is 97.6 Å². The zero-order chi connectivity index (χ0) is 27.3. The van der Waals surface area contributed by atoms with Crippen LogP contribution in [0.5, 0.6) is 0 Å². The summed E-state index contributed by atoms with van der Waals surface area (Å²) in [6.07, 6.45) is 6.74. The lowest BCUT2D eigenvalue weighted by Gasteiger charge is -2.32. The van der Waals surface area contributed by atoms with Gasteiger partial charge in [-0.25, -0.2) is 9.37 Å². The lowest BCUT2D eigenvalue weighted by Crippen LogP contribution is -2.40. The van der Waals surface area contributed by atoms with Crippen molar-refractivity contribution in [3.8, 4) is 0 Å². The number of nitrogens with two attached hydrogens (primary N) is 1. The number of nitrogens with one attached hydrogen (secondary N) is 1. The summed E-state index contributed by atoms with van der Waals surface area (Å²) in [4.78, 5) is 31.7. The fourth-order valence-electron chi connectivity index (χ4n) is 5.49. The highest BCUT2D eigenvalue weighted by molar-refractivity contribution is 7.98. The lowest BCUT2D eigenvalue weighted by atomic mass is 10.0. The fourth-order valence-corrected chi connectivity index (χ4v) is 6.85. The van der Waals surface area contributed by atoms with E-state index in [1.54, 1.807) is 18.2 Å². The van der Waals surface area contributed by atoms with Crippen LogP contribution >= 0.6 is 35.1 Å². The Labute approximate surface area is 240 Å². The highest BCUT2D eigenvalue weighted by Gasteiger charge is 2.47. The number of hydrogen-bond acceptors (Lipinski definition) is 7. The number of Topliss-reactive ketones (excluding diaryl/α,β-unsaturated/α-hetero) is 1. The molecule has 6 rings (SSSR count). The van der Waals surface area contributed by atoms with E-state index in [-0.39, 0.29) is 59.4 Å². The molecular formula is C28H29Cl2FN4O3S. The molecule has 4 aliphatic rings. The van der Waals surface area contributed by atoms with E-state index in [0.29, 0.717) is 39.4 Å². The van der Waals surface area contributed by atoms with E-state index < -0.39 is 5.82 Å². The molecule has 2 heterocycles. The van der Waals surface area contributed by atoms with Crippen LogP contribution in [-0.2, 0) is 9.53 Å². The number of fused-ring (bicyclic) bond motifs is 2. The van der Waals surface area contributed by atoms with Gasteiger partial charge in [0.25, 0.3) is 5.91 Å². The molecule has 4 fully saturated rings. The van der Waals surface area contributed by atoms with E-state index in [2.05, 4.69) is 9.71 Å². The third-order valence-corrected chi connectivity index (χ3v) is 9.66. The Morgan fingerprint density at radius 1 is 1.18 bits per heavy atom. The highest BCUT2D eigenvalue weighted by Crippen LogP contribution is 2.43. The first-order valence-electron chi connectivity index (χ1n) is 13.3. The van der Waals surface area contributed by atoms with Crippen molar-refractivity contribution in [1.29, 1.82) is 0 Å². The van der Waals surface area contributed by atoms with Crippen LogP contribution in [0.3, 0.4) is 0 Å². The number of carbonyl (C=O) groups excluding carboxylic acids is 2. The summed E-state index contributed by atoms with van der Waals surface area (Å²) in [6, 6.07) is 6.44. The number of aromatic nitrogens is 1. The van der Waals surface area contributed by atoms with Gasteiger partial charge in [-0.1, -0.05) is 29.3 Å². The van der Waals surface area contributed by atoms with Crippen LogP contribution in [0.4, 0.5) is 10.2 Å². The SMILES string of the molecule is NC(=C(CO[C@@H]1C[C@@H]2C[C@H]1CN2c1ncc(C(=O)NSC2CC2)cc1F)C(=O)C1CC1)c1c(Cl)cccc1Cl. The number of hydrogen-bond donors (Lipinski definition) is 2. The van der Waals surface area contributed by atoms with Gasteiger partial charge >= 0.3 is 0 Å². The second-order valence-electron chi connectivity index (χ2n) is 10.8. The molecule has 206 valence electrons.